The van der Waals surface area contributed by atoms with E-state index in [9.17, 15) is 18.4 Å². The topological polar surface area (TPSA) is 70.7 Å². The summed E-state index contributed by atoms with van der Waals surface area (Å²) in [5.74, 6) is -2.19. The summed E-state index contributed by atoms with van der Waals surface area (Å²) in [6.07, 6.45) is 0. The van der Waals surface area contributed by atoms with Crippen LogP contribution in [0.15, 0.2) is 42.5 Å². The molecule has 0 aliphatic carbocycles. The van der Waals surface area contributed by atoms with Crippen LogP contribution in [0.5, 0.6) is 5.75 Å². The van der Waals surface area contributed by atoms with Gasteiger partial charge in [0.05, 0.1) is 20.2 Å². The number of halogens is 2. The summed E-state index contributed by atoms with van der Waals surface area (Å²) in [7, 11) is 3.36. The van der Waals surface area contributed by atoms with E-state index in [1.165, 1.54) is 6.07 Å². The number of carbonyl (C=O) groups excluding carboxylic acids is 2. The predicted octanol–water partition coefficient (Wildman–Crippen LogP) is 2.16. The first-order chi connectivity index (χ1) is 12.9. The van der Waals surface area contributed by atoms with Crippen LogP contribution in [0.3, 0.4) is 0 Å². The number of methoxy groups -OCH3 is 1. The molecule has 0 heterocycles. The number of nitrogens with zero attached hydrogens (tertiary/aromatic N) is 1. The molecule has 2 amide bonds. The minimum atomic E-state index is -1.06. The lowest BCUT2D eigenvalue weighted by Gasteiger charge is -2.16. The standard InChI is InChI=1S/C19H21F2N3O3/c1-24(11-13-4-3-5-15(8-13)27-2)12-19(26)22-10-18(25)23-14-6-7-16(20)17(21)9-14/h3-9H,10-12H2,1-2H3,(H,22,26)(H,23,25). The van der Waals surface area contributed by atoms with Crippen molar-refractivity contribution in [2.24, 2.45) is 0 Å². The summed E-state index contributed by atoms with van der Waals surface area (Å²) in [5, 5.41) is 4.87. The maximum absolute atomic E-state index is 13.1. The highest BCUT2D eigenvalue weighted by atomic mass is 19.2. The first kappa shape index (κ1) is 20.3. The maximum Gasteiger partial charge on any atom is 0.243 e. The molecule has 0 radical (unpaired) electrons. The number of carbonyl (C=O) groups is 2. The molecule has 0 aliphatic rings. The van der Waals surface area contributed by atoms with E-state index < -0.39 is 17.5 Å². The fraction of sp³-hybridized carbons (Fsp3) is 0.263. The van der Waals surface area contributed by atoms with Crippen LogP contribution in [0.1, 0.15) is 5.56 Å². The van der Waals surface area contributed by atoms with Gasteiger partial charge in [0, 0.05) is 18.3 Å². The molecule has 27 heavy (non-hydrogen) atoms. The van der Waals surface area contributed by atoms with Crippen LogP contribution >= 0.6 is 0 Å². The monoisotopic (exact) mass is 377 g/mol. The van der Waals surface area contributed by atoms with Gasteiger partial charge in [-0.05, 0) is 36.9 Å². The summed E-state index contributed by atoms with van der Waals surface area (Å²) in [4.78, 5) is 25.5. The number of rotatable bonds is 8. The zero-order valence-electron chi connectivity index (χ0n) is 15.1. The summed E-state index contributed by atoms with van der Waals surface area (Å²) in [5.41, 5.74) is 1.10. The second-order valence-corrected chi connectivity index (χ2v) is 5.98. The molecule has 0 saturated carbocycles. The Labute approximate surface area is 156 Å². The van der Waals surface area contributed by atoms with Gasteiger partial charge in [0.15, 0.2) is 11.6 Å². The molecule has 2 N–H and O–H groups in total. The minimum absolute atomic E-state index is 0.0929. The molecule has 0 atom stereocenters. The quantitative estimate of drug-likeness (QED) is 0.740. The molecule has 8 heteroatoms. The van der Waals surface area contributed by atoms with Crippen LogP contribution in [0.4, 0.5) is 14.5 Å². The highest BCUT2D eigenvalue weighted by molar-refractivity contribution is 5.94. The van der Waals surface area contributed by atoms with Gasteiger partial charge in [0.25, 0.3) is 0 Å². The average molecular weight is 377 g/mol. The van der Waals surface area contributed by atoms with Crippen molar-refractivity contribution in [3.8, 4) is 5.75 Å². The zero-order chi connectivity index (χ0) is 19.8. The van der Waals surface area contributed by atoms with Crippen molar-refractivity contribution in [1.82, 2.24) is 10.2 Å². The number of benzene rings is 2. The lowest BCUT2D eigenvalue weighted by Crippen LogP contribution is -2.39. The molecule has 2 rings (SSSR count). The number of hydrogen-bond acceptors (Lipinski definition) is 4. The van der Waals surface area contributed by atoms with E-state index >= 15 is 0 Å². The normalized spacial score (nSPS) is 10.6. The van der Waals surface area contributed by atoms with Gasteiger partial charge < -0.3 is 15.4 Å². The number of likely N-dealkylation sites (N-methyl/N-ethyl adjacent to an activating group) is 1. The summed E-state index contributed by atoms with van der Waals surface area (Å²) in [6, 6.07) is 10.5. The molecule has 0 aliphatic heterocycles. The lowest BCUT2D eigenvalue weighted by atomic mass is 10.2. The molecule has 2 aromatic carbocycles. The maximum atomic E-state index is 13.1. The van der Waals surface area contributed by atoms with Crippen molar-refractivity contribution in [1.29, 1.82) is 0 Å². The molecule has 0 aromatic heterocycles. The largest absolute Gasteiger partial charge is 0.497 e. The molecule has 0 spiro atoms. The van der Waals surface area contributed by atoms with Crippen molar-refractivity contribution < 1.29 is 23.1 Å². The lowest BCUT2D eigenvalue weighted by molar-refractivity contribution is -0.124. The van der Waals surface area contributed by atoms with Crippen LogP contribution in [-0.2, 0) is 16.1 Å². The van der Waals surface area contributed by atoms with Gasteiger partial charge in [0.2, 0.25) is 11.8 Å². The average Bonchev–Trinajstić information content (AvgIpc) is 2.63. The van der Waals surface area contributed by atoms with Crippen molar-refractivity contribution in [3.05, 3.63) is 59.7 Å². The summed E-state index contributed by atoms with van der Waals surface area (Å²) < 4.78 is 31.1. The Bertz CT molecular complexity index is 815. The van der Waals surface area contributed by atoms with Gasteiger partial charge in [-0.1, -0.05) is 12.1 Å². The van der Waals surface area contributed by atoms with E-state index in [0.717, 1.165) is 23.4 Å². The Morgan fingerprint density at radius 2 is 1.85 bits per heavy atom. The smallest absolute Gasteiger partial charge is 0.243 e. The third-order valence-electron chi connectivity index (χ3n) is 3.65. The fourth-order valence-electron chi connectivity index (χ4n) is 2.40. The van der Waals surface area contributed by atoms with Gasteiger partial charge in [-0.15, -0.1) is 0 Å². The highest BCUT2D eigenvalue weighted by Gasteiger charge is 2.10. The first-order valence-electron chi connectivity index (χ1n) is 8.20. The Morgan fingerprint density at radius 1 is 1.07 bits per heavy atom. The van der Waals surface area contributed by atoms with Gasteiger partial charge in [-0.25, -0.2) is 8.78 Å². The van der Waals surface area contributed by atoms with E-state index in [0.29, 0.717) is 6.54 Å². The van der Waals surface area contributed by atoms with E-state index in [1.54, 1.807) is 19.1 Å². The Kier molecular flexibility index (Phi) is 7.25. The number of hydrogen-bond donors (Lipinski definition) is 2. The summed E-state index contributed by atoms with van der Waals surface area (Å²) >= 11 is 0. The highest BCUT2D eigenvalue weighted by Crippen LogP contribution is 2.14. The molecule has 2 aromatic rings. The zero-order valence-corrected chi connectivity index (χ0v) is 15.1. The Hall–Kier alpha value is -3.00. The van der Waals surface area contributed by atoms with Crippen LogP contribution in [-0.4, -0.2) is 44.0 Å². The van der Waals surface area contributed by atoms with Crippen LogP contribution in [0, 0.1) is 11.6 Å². The van der Waals surface area contributed by atoms with E-state index in [-0.39, 0.29) is 24.7 Å². The van der Waals surface area contributed by atoms with Gasteiger partial charge in [-0.2, -0.15) is 0 Å². The molecule has 0 fully saturated rings. The molecule has 6 nitrogen and oxygen atoms in total. The minimum Gasteiger partial charge on any atom is -0.497 e. The van der Waals surface area contributed by atoms with Crippen LogP contribution < -0.4 is 15.4 Å². The second kappa shape index (κ2) is 9.63. The molecule has 0 saturated heterocycles. The van der Waals surface area contributed by atoms with Gasteiger partial charge in [-0.3, -0.25) is 14.5 Å². The van der Waals surface area contributed by atoms with Crippen molar-refractivity contribution in [3.63, 3.8) is 0 Å². The summed E-state index contributed by atoms with van der Waals surface area (Å²) in [6.45, 7) is 0.353. The number of amides is 2. The fourth-order valence-corrected chi connectivity index (χ4v) is 2.40. The number of anilines is 1. The third-order valence-corrected chi connectivity index (χ3v) is 3.65. The SMILES string of the molecule is COc1cccc(CN(C)CC(=O)NCC(=O)Nc2ccc(F)c(F)c2)c1. The van der Waals surface area contributed by atoms with Crippen molar-refractivity contribution in [2.45, 2.75) is 6.54 Å². The Morgan fingerprint density at radius 3 is 2.56 bits per heavy atom. The molecular weight excluding hydrogens is 356 g/mol. The molecule has 0 unspecified atom stereocenters. The van der Waals surface area contributed by atoms with Crippen LogP contribution in [0.2, 0.25) is 0 Å². The molecule has 0 bridgehead atoms. The molecule has 144 valence electrons. The van der Waals surface area contributed by atoms with Gasteiger partial charge in [0.1, 0.15) is 5.75 Å². The number of nitrogens with one attached hydrogen (secondary N) is 2. The molecular formula is C19H21F2N3O3. The van der Waals surface area contributed by atoms with E-state index in [1.807, 2.05) is 24.3 Å². The first-order valence-corrected chi connectivity index (χ1v) is 8.20. The van der Waals surface area contributed by atoms with Crippen molar-refractivity contribution >= 4 is 17.5 Å². The van der Waals surface area contributed by atoms with Gasteiger partial charge >= 0.3 is 0 Å². The Balaban J connectivity index is 1.75. The second-order valence-electron chi connectivity index (χ2n) is 5.98. The van der Waals surface area contributed by atoms with Crippen molar-refractivity contribution in [2.75, 3.05) is 32.6 Å². The van der Waals surface area contributed by atoms with Crippen LogP contribution in [0.25, 0.3) is 0 Å². The predicted molar refractivity (Wildman–Crippen MR) is 97.3 cm³/mol. The van der Waals surface area contributed by atoms with E-state index in [2.05, 4.69) is 10.6 Å². The number of ether oxygens (including phenoxy) is 1. The third kappa shape index (κ3) is 6.67. The van der Waals surface area contributed by atoms with E-state index in [4.69, 9.17) is 4.74 Å².